The van der Waals surface area contributed by atoms with E-state index in [4.69, 9.17) is 0 Å². The minimum atomic E-state index is 0.348. The molecule has 1 saturated heterocycles. The van der Waals surface area contributed by atoms with Gasteiger partial charge in [0, 0.05) is 25.7 Å². The molecule has 3 aliphatic rings. The summed E-state index contributed by atoms with van der Waals surface area (Å²) in [6.45, 7) is 3.03. The number of urea groups is 1. The van der Waals surface area contributed by atoms with Crippen LogP contribution in [-0.4, -0.2) is 41.5 Å². The molecule has 0 spiro atoms. The Kier molecular flexibility index (Phi) is 3.26. The Morgan fingerprint density at radius 3 is 2.18 bits per heavy atom. The number of carbonyl (C=O) groups is 1. The summed E-state index contributed by atoms with van der Waals surface area (Å²) >= 11 is 0. The molecule has 3 heteroatoms. The minimum Gasteiger partial charge on any atom is -0.325 e. The first kappa shape index (κ1) is 11.4. The molecule has 2 saturated carbocycles. The van der Waals surface area contributed by atoms with Crippen molar-refractivity contribution in [3.05, 3.63) is 0 Å². The fourth-order valence-electron chi connectivity index (χ4n) is 2.79. The van der Waals surface area contributed by atoms with E-state index in [-0.39, 0.29) is 0 Å². The van der Waals surface area contributed by atoms with E-state index in [0.29, 0.717) is 12.1 Å². The zero-order valence-corrected chi connectivity index (χ0v) is 10.7. The van der Waals surface area contributed by atoms with Crippen LogP contribution in [0.5, 0.6) is 0 Å². The van der Waals surface area contributed by atoms with Gasteiger partial charge in [0.1, 0.15) is 0 Å². The highest BCUT2D eigenvalue weighted by molar-refractivity contribution is 5.75. The van der Waals surface area contributed by atoms with Crippen molar-refractivity contribution in [3.63, 3.8) is 0 Å². The van der Waals surface area contributed by atoms with Crippen LogP contribution in [0.25, 0.3) is 0 Å². The van der Waals surface area contributed by atoms with Crippen molar-refractivity contribution >= 4 is 6.03 Å². The highest BCUT2D eigenvalue weighted by atomic mass is 16.2. The van der Waals surface area contributed by atoms with E-state index in [1.807, 2.05) is 0 Å². The van der Waals surface area contributed by atoms with Crippen molar-refractivity contribution < 1.29 is 4.79 Å². The zero-order chi connectivity index (χ0) is 11.7. The molecular weight excluding hydrogens is 212 g/mol. The van der Waals surface area contributed by atoms with Crippen LogP contribution in [0.15, 0.2) is 0 Å². The van der Waals surface area contributed by atoms with Crippen molar-refractivity contribution in [1.82, 2.24) is 9.80 Å². The van der Waals surface area contributed by atoms with E-state index in [1.54, 1.807) is 0 Å². The summed E-state index contributed by atoms with van der Waals surface area (Å²) in [5.74, 6) is 0.825. The first-order valence-corrected chi connectivity index (χ1v) is 7.40. The van der Waals surface area contributed by atoms with Gasteiger partial charge in [-0.2, -0.15) is 0 Å². The topological polar surface area (TPSA) is 23.6 Å². The SMILES string of the molecule is O=C(N1CCCCCC1)N(CC1CC1)C1CC1. The van der Waals surface area contributed by atoms with Gasteiger partial charge in [-0.1, -0.05) is 12.8 Å². The van der Waals surface area contributed by atoms with Crippen molar-refractivity contribution in [3.8, 4) is 0 Å². The molecule has 1 heterocycles. The van der Waals surface area contributed by atoms with Gasteiger partial charge in [0.05, 0.1) is 0 Å². The predicted octanol–water partition coefficient (Wildman–Crippen LogP) is 2.86. The molecule has 2 aliphatic carbocycles. The summed E-state index contributed by atoms with van der Waals surface area (Å²) in [6.07, 6.45) is 10.2. The molecule has 3 rings (SSSR count). The first-order valence-electron chi connectivity index (χ1n) is 7.40. The predicted molar refractivity (Wildman–Crippen MR) is 67.9 cm³/mol. The van der Waals surface area contributed by atoms with Gasteiger partial charge in [0.2, 0.25) is 0 Å². The van der Waals surface area contributed by atoms with E-state index >= 15 is 0 Å². The molecule has 3 nitrogen and oxygen atoms in total. The number of hydrogen-bond acceptors (Lipinski definition) is 1. The normalized spacial score (nSPS) is 25.5. The number of amides is 2. The van der Waals surface area contributed by atoms with E-state index in [2.05, 4.69) is 9.80 Å². The molecule has 2 amide bonds. The number of likely N-dealkylation sites (tertiary alicyclic amines) is 1. The summed E-state index contributed by atoms with van der Waals surface area (Å²) in [7, 11) is 0. The number of hydrogen-bond donors (Lipinski definition) is 0. The van der Waals surface area contributed by atoms with Gasteiger partial charge >= 0.3 is 6.03 Å². The van der Waals surface area contributed by atoms with Gasteiger partial charge in [0.25, 0.3) is 0 Å². The summed E-state index contributed by atoms with van der Waals surface area (Å²) < 4.78 is 0. The summed E-state index contributed by atoms with van der Waals surface area (Å²) in [4.78, 5) is 16.9. The lowest BCUT2D eigenvalue weighted by molar-refractivity contribution is 0.149. The van der Waals surface area contributed by atoms with Crippen LogP contribution in [0.4, 0.5) is 4.79 Å². The van der Waals surface area contributed by atoms with Crippen molar-refractivity contribution in [1.29, 1.82) is 0 Å². The maximum Gasteiger partial charge on any atom is 0.320 e. The average molecular weight is 236 g/mol. The molecule has 0 aromatic heterocycles. The Morgan fingerprint density at radius 2 is 1.65 bits per heavy atom. The summed E-state index contributed by atoms with van der Waals surface area (Å²) in [6, 6.07) is 0.938. The van der Waals surface area contributed by atoms with Crippen LogP contribution in [0.3, 0.4) is 0 Å². The standard InChI is InChI=1S/C14H24N2O/c17-14(15-9-3-1-2-4-10-15)16(13-7-8-13)11-12-5-6-12/h12-13H,1-11H2. The van der Waals surface area contributed by atoms with Crippen LogP contribution in [0, 0.1) is 5.92 Å². The molecule has 96 valence electrons. The molecule has 0 aromatic rings. The highest BCUT2D eigenvalue weighted by Crippen LogP contribution is 2.35. The Balaban J connectivity index is 1.60. The lowest BCUT2D eigenvalue weighted by Gasteiger charge is -2.30. The molecule has 0 bridgehead atoms. The highest BCUT2D eigenvalue weighted by Gasteiger charge is 2.38. The maximum absolute atomic E-state index is 12.5. The molecule has 0 radical (unpaired) electrons. The second-order valence-corrected chi connectivity index (χ2v) is 6.01. The summed E-state index contributed by atoms with van der Waals surface area (Å²) in [5.41, 5.74) is 0. The van der Waals surface area contributed by atoms with E-state index in [0.717, 1.165) is 25.6 Å². The quantitative estimate of drug-likeness (QED) is 0.739. The third-order valence-electron chi connectivity index (χ3n) is 4.26. The van der Waals surface area contributed by atoms with E-state index in [1.165, 1.54) is 51.4 Å². The minimum absolute atomic E-state index is 0.348. The average Bonchev–Trinajstić information content (AvgIpc) is 3.22. The van der Waals surface area contributed by atoms with Crippen LogP contribution < -0.4 is 0 Å². The molecule has 3 fully saturated rings. The Bertz CT molecular complexity index is 276. The third kappa shape index (κ3) is 2.93. The molecular formula is C14H24N2O. The van der Waals surface area contributed by atoms with E-state index in [9.17, 15) is 4.79 Å². The molecule has 0 unspecified atom stereocenters. The third-order valence-corrected chi connectivity index (χ3v) is 4.26. The monoisotopic (exact) mass is 236 g/mol. The van der Waals surface area contributed by atoms with Gasteiger partial charge in [-0.3, -0.25) is 0 Å². The zero-order valence-electron chi connectivity index (χ0n) is 10.7. The second-order valence-electron chi connectivity index (χ2n) is 6.01. The number of carbonyl (C=O) groups excluding carboxylic acids is 1. The second kappa shape index (κ2) is 4.87. The summed E-state index contributed by atoms with van der Waals surface area (Å²) in [5, 5.41) is 0. The maximum atomic E-state index is 12.5. The fraction of sp³-hybridized carbons (Fsp3) is 0.929. The lowest BCUT2D eigenvalue weighted by atomic mass is 10.2. The molecule has 0 aromatic carbocycles. The van der Waals surface area contributed by atoms with E-state index < -0.39 is 0 Å². The Hall–Kier alpha value is -0.730. The Labute approximate surface area is 104 Å². The lowest BCUT2D eigenvalue weighted by Crippen LogP contribution is -2.45. The van der Waals surface area contributed by atoms with Gasteiger partial charge in [-0.15, -0.1) is 0 Å². The fourth-order valence-corrected chi connectivity index (χ4v) is 2.79. The molecule has 0 N–H and O–H groups in total. The van der Waals surface area contributed by atoms with Gasteiger partial charge in [-0.05, 0) is 44.4 Å². The number of rotatable bonds is 3. The van der Waals surface area contributed by atoms with Gasteiger partial charge in [0.15, 0.2) is 0 Å². The van der Waals surface area contributed by atoms with Gasteiger partial charge in [-0.25, -0.2) is 4.79 Å². The van der Waals surface area contributed by atoms with Crippen LogP contribution in [0.1, 0.15) is 51.4 Å². The van der Waals surface area contributed by atoms with Crippen LogP contribution >= 0.6 is 0 Å². The number of nitrogens with zero attached hydrogens (tertiary/aromatic N) is 2. The molecule has 17 heavy (non-hydrogen) atoms. The molecule has 0 atom stereocenters. The van der Waals surface area contributed by atoms with Crippen LogP contribution in [-0.2, 0) is 0 Å². The first-order chi connectivity index (χ1) is 8.34. The smallest absolute Gasteiger partial charge is 0.320 e. The van der Waals surface area contributed by atoms with Crippen molar-refractivity contribution in [2.75, 3.05) is 19.6 Å². The largest absolute Gasteiger partial charge is 0.325 e. The Morgan fingerprint density at radius 1 is 1.00 bits per heavy atom. The van der Waals surface area contributed by atoms with Crippen molar-refractivity contribution in [2.45, 2.75) is 57.4 Å². The molecule has 1 aliphatic heterocycles. The van der Waals surface area contributed by atoms with Gasteiger partial charge < -0.3 is 9.80 Å². The van der Waals surface area contributed by atoms with Crippen molar-refractivity contribution in [2.24, 2.45) is 5.92 Å². The van der Waals surface area contributed by atoms with Crippen LogP contribution in [0.2, 0.25) is 0 Å².